The number of halogens is 1. The van der Waals surface area contributed by atoms with Crippen LogP contribution in [0, 0.1) is 5.82 Å². The maximum atomic E-state index is 13.4. The molecular weight excluding hydrogens is 333 g/mol. The summed E-state index contributed by atoms with van der Waals surface area (Å²) in [4.78, 5) is 16.7. The number of benzene rings is 2. The first-order valence-corrected chi connectivity index (χ1v) is 8.82. The minimum atomic E-state index is -0.424. The Morgan fingerprint density at radius 3 is 2.46 bits per heavy atom. The zero-order chi connectivity index (χ0) is 18.4. The number of piperazine rings is 1. The van der Waals surface area contributed by atoms with Crippen molar-refractivity contribution < 1.29 is 13.9 Å². The molecule has 1 fully saturated rings. The zero-order valence-corrected chi connectivity index (χ0v) is 15.0. The summed E-state index contributed by atoms with van der Waals surface area (Å²) in [6.45, 7) is 4.26. The van der Waals surface area contributed by atoms with Crippen molar-refractivity contribution in [3.8, 4) is 5.75 Å². The van der Waals surface area contributed by atoms with Crippen LogP contribution >= 0.6 is 0 Å². The molecule has 1 aliphatic heterocycles. The Labute approximate surface area is 153 Å². The summed E-state index contributed by atoms with van der Waals surface area (Å²) in [5.74, 6) is -0.419. The Kier molecular flexibility index (Phi) is 6.07. The number of ether oxygens (including phenoxy) is 1. The van der Waals surface area contributed by atoms with Crippen molar-refractivity contribution >= 4 is 17.3 Å². The normalized spacial score (nSPS) is 14.9. The Hall–Kier alpha value is -2.60. The van der Waals surface area contributed by atoms with Crippen LogP contribution in [0.1, 0.15) is 6.42 Å². The van der Waals surface area contributed by atoms with Gasteiger partial charge in [-0.05, 0) is 43.4 Å². The lowest BCUT2D eigenvalue weighted by atomic mass is 10.2. The molecule has 138 valence electrons. The van der Waals surface area contributed by atoms with E-state index in [0.29, 0.717) is 0 Å². The van der Waals surface area contributed by atoms with Gasteiger partial charge >= 0.3 is 0 Å². The Balaban J connectivity index is 1.45. The van der Waals surface area contributed by atoms with Gasteiger partial charge in [-0.2, -0.15) is 0 Å². The second-order valence-corrected chi connectivity index (χ2v) is 6.41. The van der Waals surface area contributed by atoms with Crippen LogP contribution in [-0.4, -0.2) is 50.6 Å². The number of rotatable bonds is 6. The lowest BCUT2D eigenvalue weighted by molar-refractivity contribution is -0.116. The van der Waals surface area contributed by atoms with Gasteiger partial charge in [0.15, 0.2) is 11.6 Å². The van der Waals surface area contributed by atoms with Crippen molar-refractivity contribution in [2.24, 2.45) is 0 Å². The number of nitrogens with one attached hydrogen (secondary N) is 1. The molecule has 1 aliphatic rings. The van der Waals surface area contributed by atoms with Gasteiger partial charge in [0.2, 0.25) is 5.91 Å². The van der Waals surface area contributed by atoms with Gasteiger partial charge in [-0.1, -0.05) is 12.1 Å². The van der Waals surface area contributed by atoms with Gasteiger partial charge < -0.3 is 19.9 Å². The fourth-order valence-electron chi connectivity index (χ4n) is 2.86. The topological polar surface area (TPSA) is 44.8 Å². The molecule has 1 amide bonds. The number of carbonyl (C=O) groups excluding carboxylic acids is 1. The highest BCUT2D eigenvalue weighted by molar-refractivity contribution is 5.90. The van der Waals surface area contributed by atoms with E-state index in [1.807, 2.05) is 24.3 Å². The summed E-state index contributed by atoms with van der Waals surface area (Å²) in [6, 6.07) is 14.0. The van der Waals surface area contributed by atoms with Crippen LogP contribution < -0.4 is 15.0 Å². The lowest BCUT2D eigenvalue weighted by Gasteiger charge is -2.34. The molecule has 2 aromatic rings. The summed E-state index contributed by atoms with van der Waals surface area (Å²) < 4.78 is 18.7. The van der Waals surface area contributed by atoms with E-state index in [4.69, 9.17) is 4.74 Å². The third-order valence-electron chi connectivity index (χ3n) is 4.44. The summed E-state index contributed by atoms with van der Waals surface area (Å²) in [7, 11) is 2.13. The van der Waals surface area contributed by atoms with Crippen molar-refractivity contribution in [2.45, 2.75) is 6.42 Å². The van der Waals surface area contributed by atoms with E-state index >= 15 is 0 Å². The molecule has 0 spiro atoms. The average molecular weight is 357 g/mol. The number of carbonyl (C=O) groups is 1. The molecule has 1 N–H and O–H groups in total. The molecule has 1 heterocycles. The monoisotopic (exact) mass is 357 g/mol. The number of anilines is 2. The van der Waals surface area contributed by atoms with Crippen molar-refractivity contribution in [1.29, 1.82) is 0 Å². The first kappa shape index (κ1) is 18.2. The molecule has 0 aliphatic carbocycles. The fraction of sp³-hybridized carbons (Fsp3) is 0.350. The molecular formula is C20H24FN3O2. The quantitative estimate of drug-likeness (QED) is 0.863. The lowest BCUT2D eigenvalue weighted by Crippen LogP contribution is -2.44. The number of likely N-dealkylation sites (N-methyl/N-ethyl adjacent to an activating group) is 1. The molecule has 0 unspecified atom stereocenters. The van der Waals surface area contributed by atoms with Gasteiger partial charge in [0.1, 0.15) is 0 Å². The van der Waals surface area contributed by atoms with Crippen LogP contribution in [0.15, 0.2) is 48.5 Å². The van der Waals surface area contributed by atoms with Gasteiger partial charge in [-0.25, -0.2) is 4.39 Å². The molecule has 2 aromatic carbocycles. The standard InChI is InChI=1S/C20H24FN3O2/c1-23-11-13-24(14-12-23)17-8-6-16(7-9-17)22-20(25)10-15-26-19-5-3-2-4-18(19)21/h2-9H,10-15H2,1H3,(H,22,25). The summed E-state index contributed by atoms with van der Waals surface area (Å²) in [5, 5.41) is 2.84. The van der Waals surface area contributed by atoms with Crippen LogP contribution in [0.3, 0.4) is 0 Å². The van der Waals surface area contributed by atoms with Crippen molar-refractivity contribution in [3.05, 3.63) is 54.3 Å². The zero-order valence-electron chi connectivity index (χ0n) is 15.0. The van der Waals surface area contributed by atoms with Crippen LogP contribution in [0.5, 0.6) is 5.75 Å². The maximum absolute atomic E-state index is 13.4. The third kappa shape index (κ3) is 4.95. The molecule has 5 nitrogen and oxygen atoms in total. The van der Waals surface area contributed by atoms with Crippen LogP contribution in [0.4, 0.5) is 15.8 Å². The van der Waals surface area contributed by atoms with E-state index in [2.05, 4.69) is 22.2 Å². The second-order valence-electron chi connectivity index (χ2n) is 6.41. The molecule has 0 bridgehead atoms. The van der Waals surface area contributed by atoms with E-state index < -0.39 is 5.82 Å². The number of nitrogens with zero attached hydrogens (tertiary/aromatic N) is 2. The Morgan fingerprint density at radius 1 is 1.08 bits per heavy atom. The SMILES string of the molecule is CN1CCN(c2ccc(NC(=O)CCOc3ccccc3F)cc2)CC1. The minimum absolute atomic E-state index is 0.131. The van der Waals surface area contributed by atoms with Crippen molar-refractivity contribution in [3.63, 3.8) is 0 Å². The second kappa shape index (κ2) is 8.67. The van der Waals surface area contributed by atoms with E-state index in [9.17, 15) is 9.18 Å². The third-order valence-corrected chi connectivity index (χ3v) is 4.44. The first-order valence-electron chi connectivity index (χ1n) is 8.82. The first-order chi connectivity index (χ1) is 12.6. The van der Waals surface area contributed by atoms with Gasteiger partial charge in [-0.3, -0.25) is 4.79 Å². The fourth-order valence-corrected chi connectivity index (χ4v) is 2.86. The van der Waals surface area contributed by atoms with Gasteiger partial charge in [0.25, 0.3) is 0 Å². The number of hydrogen-bond donors (Lipinski definition) is 1. The van der Waals surface area contributed by atoms with E-state index in [1.165, 1.54) is 11.8 Å². The molecule has 0 saturated carbocycles. The van der Waals surface area contributed by atoms with Gasteiger partial charge in [-0.15, -0.1) is 0 Å². The molecule has 6 heteroatoms. The number of amides is 1. The largest absolute Gasteiger partial charge is 0.490 e. The summed E-state index contributed by atoms with van der Waals surface area (Å²) >= 11 is 0. The van der Waals surface area contributed by atoms with Crippen LogP contribution in [0.25, 0.3) is 0 Å². The van der Waals surface area contributed by atoms with Crippen LogP contribution in [0.2, 0.25) is 0 Å². The average Bonchev–Trinajstić information content (AvgIpc) is 2.65. The summed E-state index contributed by atoms with van der Waals surface area (Å²) in [6.07, 6.45) is 0.161. The Bertz CT molecular complexity index is 728. The van der Waals surface area contributed by atoms with E-state index in [-0.39, 0.29) is 24.7 Å². The number of hydrogen-bond acceptors (Lipinski definition) is 4. The number of para-hydroxylation sites is 1. The molecule has 0 atom stereocenters. The van der Waals surface area contributed by atoms with E-state index in [0.717, 1.165) is 31.9 Å². The molecule has 26 heavy (non-hydrogen) atoms. The molecule has 0 aromatic heterocycles. The highest BCUT2D eigenvalue weighted by Crippen LogP contribution is 2.20. The maximum Gasteiger partial charge on any atom is 0.227 e. The molecule has 0 radical (unpaired) electrons. The van der Waals surface area contributed by atoms with Crippen molar-refractivity contribution in [2.75, 3.05) is 50.1 Å². The molecule has 1 saturated heterocycles. The van der Waals surface area contributed by atoms with E-state index in [1.54, 1.807) is 18.2 Å². The van der Waals surface area contributed by atoms with Gasteiger partial charge in [0.05, 0.1) is 13.0 Å². The van der Waals surface area contributed by atoms with Crippen molar-refractivity contribution in [1.82, 2.24) is 4.90 Å². The highest BCUT2D eigenvalue weighted by Gasteiger charge is 2.14. The Morgan fingerprint density at radius 2 is 1.77 bits per heavy atom. The predicted molar refractivity (Wildman–Crippen MR) is 101 cm³/mol. The minimum Gasteiger partial charge on any atom is -0.490 e. The highest BCUT2D eigenvalue weighted by atomic mass is 19.1. The van der Waals surface area contributed by atoms with Crippen LogP contribution in [-0.2, 0) is 4.79 Å². The molecule has 3 rings (SSSR count). The summed E-state index contributed by atoms with van der Waals surface area (Å²) in [5.41, 5.74) is 1.91. The smallest absolute Gasteiger partial charge is 0.227 e. The van der Waals surface area contributed by atoms with Gasteiger partial charge in [0, 0.05) is 37.6 Å². The predicted octanol–water partition coefficient (Wildman–Crippen LogP) is 2.99.